The van der Waals surface area contributed by atoms with Crippen molar-refractivity contribution in [1.82, 2.24) is 5.32 Å². The van der Waals surface area contributed by atoms with Crippen molar-refractivity contribution in [3.63, 3.8) is 0 Å². The number of carbonyl (C=O) groups excluding carboxylic acids is 2. The van der Waals surface area contributed by atoms with E-state index in [1.54, 1.807) is 0 Å². The Bertz CT molecular complexity index is 286. The van der Waals surface area contributed by atoms with Gasteiger partial charge in [0.1, 0.15) is 0 Å². The van der Waals surface area contributed by atoms with E-state index in [0.29, 0.717) is 12.3 Å². The minimum atomic E-state index is -0.140. The third-order valence-electron chi connectivity index (χ3n) is 3.69. The van der Waals surface area contributed by atoms with Crippen LogP contribution in [-0.2, 0) is 9.59 Å². The lowest BCUT2D eigenvalue weighted by molar-refractivity contribution is -0.143. The second-order valence-electron chi connectivity index (χ2n) is 5.64. The molecule has 92 valence electrons. The predicted molar refractivity (Wildman–Crippen MR) is 63.7 cm³/mol. The molecular formula is C13H23NO2. The van der Waals surface area contributed by atoms with E-state index < -0.39 is 0 Å². The van der Waals surface area contributed by atoms with Gasteiger partial charge in [-0.1, -0.05) is 34.1 Å². The van der Waals surface area contributed by atoms with E-state index in [2.05, 4.69) is 26.1 Å². The third-order valence-corrected chi connectivity index (χ3v) is 3.69. The first-order chi connectivity index (χ1) is 7.39. The third kappa shape index (κ3) is 2.83. The minimum absolute atomic E-state index is 0.0102. The molecule has 0 aromatic rings. The highest BCUT2D eigenvalue weighted by Gasteiger charge is 2.43. The van der Waals surface area contributed by atoms with Gasteiger partial charge in [0.2, 0.25) is 11.8 Å². The van der Waals surface area contributed by atoms with Gasteiger partial charge in [-0.15, -0.1) is 0 Å². The van der Waals surface area contributed by atoms with Gasteiger partial charge in [0.05, 0.1) is 0 Å². The number of carbonyl (C=O) groups is 2. The average molecular weight is 225 g/mol. The molecule has 2 unspecified atom stereocenters. The normalized spacial score (nSPS) is 30.7. The summed E-state index contributed by atoms with van der Waals surface area (Å²) in [5, 5.41) is 2.45. The van der Waals surface area contributed by atoms with Crippen LogP contribution in [0.4, 0.5) is 0 Å². The van der Waals surface area contributed by atoms with Crippen molar-refractivity contribution in [3.05, 3.63) is 0 Å². The smallest absolute Gasteiger partial charge is 0.230 e. The van der Waals surface area contributed by atoms with Crippen molar-refractivity contribution in [2.45, 2.75) is 53.4 Å². The summed E-state index contributed by atoms with van der Waals surface area (Å²) >= 11 is 0. The SMILES string of the molecule is CCC1C(=O)NC(=O)CC1(C)CCC(C)C. The van der Waals surface area contributed by atoms with Gasteiger partial charge >= 0.3 is 0 Å². The van der Waals surface area contributed by atoms with Crippen molar-refractivity contribution in [2.24, 2.45) is 17.3 Å². The molecule has 1 saturated heterocycles. The fraction of sp³-hybridized carbons (Fsp3) is 0.846. The zero-order chi connectivity index (χ0) is 12.3. The average Bonchev–Trinajstić information content (AvgIpc) is 2.14. The number of piperidine rings is 1. The highest BCUT2D eigenvalue weighted by molar-refractivity contribution is 5.99. The molecule has 1 aliphatic rings. The lowest BCUT2D eigenvalue weighted by atomic mass is 9.67. The van der Waals surface area contributed by atoms with Gasteiger partial charge in [0.15, 0.2) is 0 Å². The van der Waals surface area contributed by atoms with Crippen molar-refractivity contribution in [2.75, 3.05) is 0 Å². The summed E-state index contributed by atoms with van der Waals surface area (Å²) < 4.78 is 0. The van der Waals surface area contributed by atoms with E-state index in [9.17, 15) is 9.59 Å². The largest absolute Gasteiger partial charge is 0.296 e. The van der Waals surface area contributed by atoms with Crippen LogP contribution in [0.1, 0.15) is 53.4 Å². The van der Waals surface area contributed by atoms with Crippen molar-refractivity contribution in [1.29, 1.82) is 0 Å². The molecule has 3 heteroatoms. The molecule has 1 N–H and O–H groups in total. The Balaban J connectivity index is 2.78. The number of nitrogens with one attached hydrogen (secondary N) is 1. The van der Waals surface area contributed by atoms with E-state index in [-0.39, 0.29) is 23.1 Å². The molecule has 16 heavy (non-hydrogen) atoms. The molecule has 2 atom stereocenters. The second-order valence-corrected chi connectivity index (χ2v) is 5.64. The quantitative estimate of drug-likeness (QED) is 0.747. The highest BCUT2D eigenvalue weighted by atomic mass is 16.2. The van der Waals surface area contributed by atoms with Crippen LogP contribution >= 0.6 is 0 Å². The Morgan fingerprint density at radius 1 is 1.44 bits per heavy atom. The number of amides is 2. The van der Waals surface area contributed by atoms with E-state index in [1.165, 1.54) is 0 Å². The van der Waals surface area contributed by atoms with Crippen molar-refractivity contribution in [3.8, 4) is 0 Å². The summed E-state index contributed by atoms with van der Waals surface area (Å²) in [6, 6.07) is 0. The molecule has 1 rings (SSSR count). The monoisotopic (exact) mass is 225 g/mol. The lowest BCUT2D eigenvalue weighted by Gasteiger charge is -2.40. The maximum atomic E-state index is 11.8. The van der Waals surface area contributed by atoms with E-state index in [4.69, 9.17) is 0 Å². The predicted octanol–water partition coefficient (Wildman–Crippen LogP) is 2.50. The number of imide groups is 1. The Morgan fingerprint density at radius 2 is 2.06 bits per heavy atom. The van der Waals surface area contributed by atoms with Crippen LogP contribution in [0.3, 0.4) is 0 Å². The number of hydrogen-bond acceptors (Lipinski definition) is 2. The van der Waals surface area contributed by atoms with Crippen LogP contribution in [0.5, 0.6) is 0 Å². The molecule has 0 aromatic heterocycles. The first kappa shape index (κ1) is 13.2. The molecule has 0 aromatic carbocycles. The molecule has 2 amide bonds. The van der Waals surface area contributed by atoms with Crippen LogP contribution in [0.15, 0.2) is 0 Å². The molecule has 0 spiro atoms. The lowest BCUT2D eigenvalue weighted by Crippen LogP contribution is -2.50. The van der Waals surface area contributed by atoms with E-state index >= 15 is 0 Å². The maximum Gasteiger partial charge on any atom is 0.230 e. The summed E-state index contributed by atoms with van der Waals surface area (Å²) in [7, 11) is 0. The van der Waals surface area contributed by atoms with Gasteiger partial charge in [0.25, 0.3) is 0 Å². The maximum absolute atomic E-state index is 11.8. The van der Waals surface area contributed by atoms with Gasteiger partial charge in [-0.2, -0.15) is 0 Å². The molecular weight excluding hydrogens is 202 g/mol. The molecule has 1 fully saturated rings. The standard InChI is InChI=1S/C13H23NO2/c1-5-10-12(16)14-11(15)8-13(10,4)7-6-9(2)3/h9-10H,5-8H2,1-4H3,(H,14,15,16). The Kier molecular flexibility index (Phi) is 4.11. The van der Waals surface area contributed by atoms with Crippen LogP contribution in [0.25, 0.3) is 0 Å². The van der Waals surface area contributed by atoms with Crippen LogP contribution in [-0.4, -0.2) is 11.8 Å². The van der Waals surface area contributed by atoms with E-state index in [0.717, 1.165) is 19.3 Å². The van der Waals surface area contributed by atoms with Crippen LogP contribution in [0, 0.1) is 17.3 Å². The first-order valence-electron chi connectivity index (χ1n) is 6.22. The fourth-order valence-corrected chi connectivity index (χ4v) is 2.63. The van der Waals surface area contributed by atoms with Crippen molar-refractivity contribution < 1.29 is 9.59 Å². The topological polar surface area (TPSA) is 46.2 Å². The minimum Gasteiger partial charge on any atom is -0.296 e. The molecule has 0 radical (unpaired) electrons. The van der Waals surface area contributed by atoms with Crippen LogP contribution in [0.2, 0.25) is 0 Å². The van der Waals surface area contributed by atoms with Gasteiger partial charge in [-0.05, 0) is 24.2 Å². The zero-order valence-corrected chi connectivity index (χ0v) is 10.8. The van der Waals surface area contributed by atoms with E-state index in [1.807, 2.05) is 6.92 Å². The molecule has 1 heterocycles. The summed E-state index contributed by atoms with van der Waals surface area (Å²) in [5.74, 6) is 0.421. The molecule has 1 aliphatic heterocycles. The van der Waals surface area contributed by atoms with Crippen molar-refractivity contribution >= 4 is 11.8 Å². The van der Waals surface area contributed by atoms with Gasteiger partial charge in [-0.25, -0.2) is 0 Å². The van der Waals surface area contributed by atoms with Crippen LogP contribution < -0.4 is 5.32 Å². The Labute approximate surface area is 98.0 Å². The summed E-state index contributed by atoms with van der Waals surface area (Å²) in [4.78, 5) is 23.2. The Hall–Kier alpha value is -0.860. The summed E-state index contributed by atoms with van der Waals surface area (Å²) in [6.07, 6.45) is 3.34. The van der Waals surface area contributed by atoms with Gasteiger partial charge in [0, 0.05) is 12.3 Å². The van der Waals surface area contributed by atoms with Gasteiger partial charge in [-0.3, -0.25) is 14.9 Å². The fourth-order valence-electron chi connectivity index (χ4n) is 2.63. The number of hydrogen-bond donors (Lipinski definition) is 1. The second kappa shape index (κ2) is 4.98. The summed E-state index contributed by atoms with van der Waals surface area (Å²) in [5.41, 5.74) is -0.140. The molecule has 0 saturated carbocycles. The molecule has 3 nitrogen and oxygen atoms in total. The number of rotatable bonds is 4. The Morgan fingerprint density at radius 3 is 2.56 bits per heavy atom. The molecule has 0 bridgehead atoms. The zero-order valence-electron chi connectivity index (χ0n) is 10.8. The van der Waals surface area contributed by atoms with Gasteiger partial charge < -0.3 is 0 Å². The highest BCUT2D eigenvalue weighted by Crippen LogP contribution is 2.41. The molecule has 0 aliphatic carbocycles. The summed E-state index contributed by atoms with van der Waals surface area (Å²) in [6.45, 7) is 8.46. The first-order valence-corrected chi connectivity index (χ1v) is 6.22.